The third-order valence-corrected chi connectivity index (χ3v) is 6.92. The van der Waals surface area contributed by atoms with Gasteiger partial charge in [0.1, 0.15) is 5.82 Å². The first kappa shape index (κ1) is 25.1. The molecule has 1 atom stereocenters. The number of nitrogens with zero attached hydrogens (tertiary/aromatic N) is 4. The summed E-state index contributed by atoms with van der Waals surface area (Å²) < 4.78 is 14.4. The first-order valence-electron chi connectivity index (χ1n) is 10.6. The molecule has 1 unspecified atom stereocenters. The van der Waals surface area contributed by atoms with Gasteiger partial charge in [0, 0.05) is 31.7 Å². The maximum atomic E-state index is 13.6. The number of anilines is 2. The number of carbonyl (C=O) groups is 2. The van der Waals surface area contributed by atoms with Crippen LogP contribution in [0, 0.1) is 25.6 Å². The van der Waals surface area contributed by atoms with Gasteiger partial charge in [-0.1, -0.05) is 17.4 Å². The number of aromatic nitrogens is 1. The molecular formula is C24H28ClFN4O2S. The summed E-state index contributed by atoms with van der Waals surface area (Å²) in [7, 11) is 3.92. The Morgan fingerprint density at radius 1 is 1.18 bits per heavy atom. The van der Waals surface area contributed by atoms with Gasteiger partial charge < -0.3 is 9.80 Å². The molecule has 2 amide bonds. The van der Waals surface area contributed by atoms with Crippen LogP contribution in [-0.2, 0) is 9.59 Å². The summed E-state index contributed by atoms with van der Waals surface area (Å²) in [6.45, 7) is 5.55. The van der Waals surface area contributed by atoms with E-state index in [4.69, 9.17) is 4.98 Å². The van der Waals surface area contributed by atoms with E-state index in [9.17, 15) is 14.0 Å². The molecule has 6 nitrogen and oxygen atoms in total. The molecule has 2 heterocycles. The summed E-state index contributed by atoms with van der Waals surface area (Å²) in [6.07, 6.45) is 0.137. The van der Waals surface area contributed by atoms with Crippen LogP contribution in [-0.4, -0.2) is 55.4 Å². The lowest BCUT2D eigenvalue weighted by molar-refractivity contribution is -0.124. The zero-order valence-electron chi connectivity index (χ0n) is 19.2. The summed E-state index contributed by atoms with van der Waals surface area (Å²) in [5, 5.41) is 0.660. The zero-order valence-corrected chi connectivity index (χ0v) is 20.8. The second kappa shape index (κ2) is 10.2. The number of hydrogen-bond acceptors (Lipinski definition) is 5. The number of likely N-dealkylation sites (N-methyl/N-ethyl adjacent to an activating group) is 1. The van der Waals surface area contributed by atoms with Crippen LogP contribution in [0.15, 0.2) is 36.4 Å². The molecule has 33 heavy (non-hydrogen) atoms. The van der Waals surface area contributed by atoms with E-state index in [1.54, 1.807) is 21.9 Å². The number of benzene rings is 2. The summed E-state index contributed by atoms with van der Waals surface area (Å²) in [5.41, 5.74) is 3.77. The van der Waals surface area contributed by atoms with Crippen LogP contribution in [0.4, 0.5) is 15.2 Å². The standard InChI is InChI=1S/C24H27FN4O2S.ClH/c1-15-11-16(2)22-20(12-15)26-24(32-22)28(10-9-27(3)4)23(31)17-13-21(30)29(14-17)19-7-5-18(25)6-8-19;/h5-8,11-12,17H,9-10,13-14H2,1-4H3;1H. The number of rotatable bonds is 6. The third-order valence-electron chi connectivity index (χ3n) is 5.69. The van der Waals surface area contributed by atoms with E-state index in [0.717, 1.165) is 21.3 Å². The van der Waals surface area contributed by atoms with Crippen molar-refractivity contribution in [1.29, 1.82) is 0 Å². The molecule has 1 aliphatic rings. The van der Waals surface area contributed by atoms with E-state index in [2.05, 4.69) is 13.0 Å². The number of amides is 2. The van der Waals surface area contributed by atoms with Crippen molar-refractivity contribution in [3.63, 3.8) is 0 Å². The van der Waals surface area contributed by atoms with Crippen molar-refractivity contribution in [2.45, 2.75) is 20.3 Å². The van der Waals surface area contributed by atoms with Crippen molar-refractivity contribution in [3.8, 4) is 0 Å². The number of carbonyl (C=O) groups excluding carboxylic acids is 2. The van der Waals surface area contributed by atoms with Crippen LogP contribution >= 0.6 is 23.7 Å². The molecule has 2 aromatic carbocycles. The van der Waals surface area contributed by atoms with Crippen molar-refractivity contribution in [2.24, 2.45) is 5.92 Å². The Bertz CT molecular complexity index is 1170. The lowest BCUT2D eigenvalue weighted by Gasteiger charge is -2.24. The summed E-state index contributed by atoms with van der Waals surface area (Å²) in [6, 6.07) is 9.95. The van der Waals surface area contributed by atoms with E-state index >= 15 is 0 Å². The van der Waals surface area contributed by atoms with Crippen molar-refractivity contribution in [2.75, 3.05) is 43.5 Å². The topological polar surface area (TPSA) is 56.8 Å². The minimum absolute atomic E-state index is 0. The Morgan fingerprint density at radius 2 is 1.88 bits per heavy atom. The zero-order chi connectivity index (χ0) is 23.0. The summed E-state index contributed by atoms with van der Waals surface area (Å²) in [5.74, 6) is -1.05. The van der Waals surface area contributed by atoms with Gasteiger partial charge in [0.25, 0.3) is 0 Å². The number of thiazole rings is 1. The maximum absolute atomic E-state index is 13.6. The van der Waals surface area contributed by atoms with E-state index in [1.807, 2.05) is 32.0 Å². The van der Waals surface area contributed by atoms with Gasteiger partial charge in [0.05, 0.1) is 16.1 Å². The molecule has 0 saturated carbocycles. The molecule has 4 rings (SSSR count). The van der Waals surface area contributed by atoms with Gasteiger partial charge in [0.15, 0.2) is 5.13 Å². The van der Waals surface area contributed by atoms with E-state index < -0.39 is 5.92 Å². The fraction of sp³-hybridized carbons (Fsp3) is 0.375. The highest BCUT2D eigenvalue weighted by Crippen LogP contribution is 2.34. The fourth-order valence-electron chi connectivity index (χ4n) is 4.04. The smallest absolute Gasteiger partial charge is 0.234 e. The van der Waals surface area contributed by atoms with Crippen LogP contribution in [0.1, 0.15) is 17.5 Å². The molecule has 3 aromatic rings. The van der Waals surface area contributed by atoms with Gasteiger partial charge in [-0.05, 0) is 69.4 Å². The Hall–Kier alpha value is -2.55. The lowest BCUT2D eigenvalue weighted by atomic mass is 10.1. The molecule has 0 N–H and O–H groups in total. The molecule has 9 heteroatoms. The second-order valence-corrected chi connectivity index (χ2v) is 9.58. The lowest BCUT2D eigenvalue weighted by Crippen LogP contribution is -2.41. The van der Waals surface area contributed by atoms with Crippen molar-refractivity contribution >= 4 is 56.6 Å². The number of aryl methyl sites for hydroxylation is 2. The van der Waals surface area contributed by atoms with Crippen LogP contribution < -0.4 is 9.80 Å². The first-order chi connectivity index (χ1) is 15.2. The predicted molar refractivity (Wildman–Crippen MR) is 134 cm³/mol. The molecule has 0 spiro atoms. The SMILES string of the molecule is Cc1cc(C)c2sc(N(CCN(C)C)C(=O)C3CC(=O)N(c4ccc(F)cc4)C3)nc2c1.Cl. The minimum atomic E-state index is -0.468. The summed E-state index contributed by atoms with van der Waals surface area (Å²) >= 11 is 1.51. The van der Waals surface area contributed by atoms with Crippen LogP contribution in [0.3, 0.4) is 0 Å². The minimum Gasteiger partial charge on any atom is -0.312 e. The average molecular weight is 491 g/mol. The number of fused-ring (bicyclic) bond motifs is 1. The second-order valence-electron chi connectivity index (χ2n) is 8.60. The molecule has 1 aromatic heterocycles. The Balaban J connectivity index is 0.00000306. The average Bonchev–Trinajstić information content (AvgIpc) is 3.32. The first-order valence-corrected chi connectivity index (χ1v) is 11.4. The number of hydrogen-bond donors (Lipinski definition) is 0. The van der Waals surface area contributed by atoms with Crippen LogP contribution in [0.2, 0.25) is 0 Å². The van der Waals surface area contributed by atoms with Gasteiger partial charge >= 0.3 is 0 Å². The highest BCUT2D eigenvalue weighted by Gasteiger charge is 2.38. The molecule has 0 radical (unpaired) electrons. The Labute approximate surface area is 203 Å². The van der Waals surface area contributed by atoms with E-state index in [0.29, 0.717) is 23.9 Å². The molecule has 0 aliphatic carbocycles. The Morgan fingerprint density at radius 3 is 2.55 bits per heavy atom. The normalized spacial score (nSPS) is 15.9. The van der Waals surface area contributed by atoms with Gasteiger partial charge in [-0.25, -0.2) is 9.37 Å². The monoisotopic (exact) mass is 490 g/mol. The predicted octanol–water partition coefficient (Wildman–Crippen LogP) is 4.42. The van der Waals surface area contributed by atoms with Gasteiger partial charge in [-0.15, -0.1) is 12.4 Å². The molecular weight excluding hydrogens is 463 g/mol. The van der Waals surface area contributed by atoms with Gasteiger partial charge in [-0.3, -0.25) is 14.5 Å². The quantitative estimate of drug-likeness (QED) is 0.513. The van der Waals surface area contributed by atoms with E-state index in [1.165, 1.54) is 23.5 Å². The molecule has 176 valence electrons. The third kappa shape index (κ3) is 5.34. The van der Waals surface area contributed by atoms with Crippen molar-refractivity contribution in [3.05, 3.63) is 53.3 Å². The van der Waals surface area contributed by atoms with Crippen molar-refractivity contribution < 1.29 is 14.0 Å². The number of halogens is 2. The largest absolute Gasteiger partial charge is 0.312 e. The molecule has 1 saturated heterocycles. The molecule has 1 aliphatic heterocycles. The van der Waals surface area contributed by atoms with Gasteiger partial charge in [0.2, 0.25) is 11.8 Å². The van der Waals surface area contributed by atoms with E-state index in [-0.39, 0.29) is 43.0 Å². The summed E-state index contributed by atoms with van der Waals surface area (Å²) in [4.78, 5) is 36.4. The highest BCUT2D eigenvalue weighted by molar-refractivity contribution is 7.22. The fourth-order valence-corrected chi connectivity index (χ4v) is 5.09. The van der Waals surface area contributed by atoms with Crippen LogP contribution in [0.25, 0.3) is 10.2 Å². The van der Waals surface area contributed by atoms with Crippen molar-refractivity contribution in [1.82, 2.24) is 9.88 Å². The molecule has 0 bridgehead atoms. The highest BCUT2D eigenvalue weighted by atomic mass is 35.5. The maximum Gasteiger partial charge on any atom is 0.234 e. The van der Waals surface area contributed by atoms with Gasteiger partial charge in [-0.2, -0.15) is 0 Å². The molecule has 1 fully saturated rings. The van der Waals surface area contributed by atoms with Crippen LogP contribution in [0.5, 0.6) is 0 Å². The Kier molecular flexibility index (Phi) is 7.72.